The van der Waals surface area contributed by atoms with Crippen molar-refractivity contribution >= 4 is 17.6 Å². The van der Waals surface area contributed by atoms with Crippen molar-refractivity contribution in [3.05, 3.63) is 22.5 Å². The zero-order valence-corrected chi connectivity index (χ0v) is 15.1. The number of H-pyrrole nitrogens is 1. The zero-order chi connectivity index (χ0) is 17.9. The molecule has 0 aliphatic heterocycles. The highest BCUT2D eigenvalue weighted by atomic mass is 16.2. The van der Waals surface area contributed by atoms with Crippen LogP contribution in [0.25, 0.3) is 0 Å². The Bertz CT molecular complexity index is 624. The topological polar surface area (TPSA) is 82.3 Å². The highest BCUT2D eigenvalue weighted by molar-refractivity contribution is 6.03. The predicted octanol–water partition coefficient (Wildman–Crippen LogP) is 2.21. The van der Waals surface area contributed by atoms with Crippen LogP contribution in [0.2, 0.25) is 0 Å². The van der Waals surface area contributed by atoms with E-state index >= 15 is 0 Å². The lowest BCUT2D eigenvalue weighted by Gasteiger charge is -2.25. The third kappa shape index (κ3) is 4.68. The number of carbonyl (C=O) groups is 3. The van der Waals surface area contributed by atoms with E-state index in [1.54, 1.807) is 13.8 Å². The molecule has 0 aliphatic rings. The van der Waals surface area contributed by atoms with Gasteiger partial charge in [-0.3, -0.25) is 14.4 Å². The first-order valence-electron chi connectivity index (χ1n) is 7.78. The van der Waals surface area contributed by atoms with Crippen LogP contribution in [0.1, 0.15) is 66.7 Å². The average Bonchev–Trinajstić information content (AvgIpc) is 2.68. The van der Waals surface area contributed by atoms with E-state index in [-0.39, 0.29) is 29.7 Å². The SMILES string of the molecule is CCN(CC(=O)NC(C)(C)C)C(=O)c1[nH]c(C)c(C(C)=O)c1C. The van der Waals surface area contributed by atoms with Gasteiger partial charge in [0.25, 0.3) is 5.91 Å². The van der Waals surface area contributed by atoms with Crippen molar-refractivity contribution < 1.29 is 14.4 Å². The number of nitrogens with zero attached hydrogens (tertiary/aromatic N) is 1. The molecule has 0 saturated carbocycles. The predicted molar refractivity (Wildman–Crippen MR) is 89.7 cm³/mol. The smallest absolute Gasteiger partial charge is 0.271 e. The summed E-state index contributed by atoms with van der Waals surface area (Å²) < 4.78 is 0. The Balaban J connectivity index is 3.00. The Morgan fingerprint density at radius 1 is 1.17 bits per heavy atom. The summed E-state index contributed by atoms with van der Waals surface area (Å²) in [5.74, 6) is -0.561. The van der Waals surface area contributed by atoms with E-state index in [0.29, 0.717) is 29.1 Å². The number of hydrogen-bond acceptors (Lipinski definition) is 3. The number of carbonyl (C=O) groups excluding carboxylic acids is 3. The Hall–Kier alpha value is -2.11. The maximum Gasteiger partial charge on any atom is 0.271 e. The summed E-state index contributed by atoms with van der Waals surface area (Å²) in [5.41, 5.74) is 1.88. The molecule has 0 atom stereocenters. The molecule has 0 saturated heterocycles. The van der Waals surface area contributed by atoms with E-state index < -0.39 is 0 Å². The molecule has 1 rings (SSSR count). The minimum atomic E-state index is -0.347. The number of ketones is 1. The first-order valence-corrected chi connectivity index (χ1v) is 7.78. The van der Waals surface area contributed by atoms with Gasteiger partial charge in [-0.2, -0.15) is 0 Å². The lowest BCUT2D eigenvalue weighted by Crippen LogP contribution is -2.47. The number of likely N-dealkylation sites (N-methyl/N-ethyl adjacent to an activating group) is 1. The number of nitrogens with one attached hydrogen (secondary N) is 2. The molecule has 1 heterocycles. The number of amides is 2. The molecule has 6 nitrogen and oxygen atoms in total. The van der Waals surface area contributed by atoms with Crippen molar-refractivity contribution in [3.63, 3.8) is 0 Å². The maximum absolute atomic E-state index is 12.7. The van der Waals surface area contributed by atoms with Crippen LogP contribution in [-0.4, -0.2) is 46.1 Å². The molecule has 2 N–H and O–H groups in total. The van der Waals surface area contributed by atoms with Gasteiger partial charge in [0, 0.05) is 23.3 Å². The van der Waals surface area contributed by atoms with E-state index in [2.05, 4.69) is 10.3 Å². The fourth-order valence-electron chi connectivity index (χ4n) is 2.61. The zero-order valence-electron chi connectivity index (χ0n) is 15.1. The molecule has 0 spiro atoms. The Morgan fingerprint density at radius 2 is 1.74 bits per heavy atom. The van der Waals surface area contributed by atoms with Crippen LogP contribution >= 0.6 is 0 Å². The summed E-state index contributed by atoms with van der Waals surface area (Å²) in [6.07, 6.45) is 0. The summed E-state index contributed by atoms with van der Waals surface area (Å²) in [7, 11) is 0. The van der Waals surface area contributed by atoms with Gasteiger partial charge in [0.1, 0.15) is 5.69 Å². The number of aromatic nitrogens is 1. The second-order valence-corrected chi connectivity index (χ2v) is 6.80. The molecule has 6 heteroatoms. The van der Waals surface area contributed by atoms with E-state index in [9.17, 15) is 14.4 Å². The maximum atomic E-state index is 12.7. The van der Waals surface area contributed by atoms with Crippen LogP contribution < -0.4 is 5.32 Å². The summed E-state index contributed by atoms with van der Waals surface area (Å²) >= 11 is 0. The van der Waals surface area contributed by atoms with Crippen LogP contribution in [0.3, 0.4) is 0 Å². The monoisotopic (exact) mass is 321 g/mol. The standard InChI is InChI=1S/C17H27N3O3/c1-8-20(9-13(22)19-17(5,6)7)16(23)15-10(2)14(12(4)21)11(3)18-15/h18H,8-9H2,1-7H3,(H,19,22). The minimum Gasteiger partial charge on any atom is -0.354 e. The average molecular weight is 321 g/mol. The fourth-order valence-corrected chi connectivity index (χ4v) is 2.61. The third-order valence-corrected chi connectivity index (χ3v) is 3.52. The number of aryl methyl sites for hydroxylation is 1. The van der Waals surface area contributed by atoms with E-state index in [0.717, 1.165) is 0 Å². The van der Waals surface area contributed by atoms with E-state index in [1.165, 1.54) is 11.8 Å². The second-order valence-electron chi connectivity index (χ2n) is 6.80. The lowest BCUT2D eigenvalue weighted by molar-refractivity contribution is -0.123. The van der Waals surface area contributed by atoms with Gasteiger partial charge in [0.05, 0.1) is 6.54 Å². The number of rotatable bonds is 5. The molecule has 0 aliphatic carbocycles. The Morgan fingerprint density at radius 3 is 2.13 bits per heavy atom. The van der Waals surface area contributed by atoms with Crippen molar-refractivity contribution in [2.45, 2.75) is 54.0 Å². The van der Waals surface area contributed by atoms with Crippen LogP contribution in [0.15, 0.2) is 0 Å². The van der Waals surface area contributed by atoms with Crippen LogP contribution in [0.5, 0.6) is 0 Å². The quantitative estimate of drug-likeness (QED) is 0.816. The third-order valence-electron chi connectivity index (χ3n) is 3.52. The molecule has 1 aromatic rings. The first-order chi connectivity index (χ1) is 10.5. The largest absolute Gasteiger partial charge is 0.354 e. The fraction of sp³-hybridized carbons (Fsp3) is 0.588. The molecule has 2 amide bonds. The molecule has 0 aromatic carbocycles. The lowest BCUT2D eigenvalue weighted by atomic mass is 10.1. The van der Waals surface area contributed by atoms with Gasteiger partial charge < -0.3 is 15.2 Å². The molecular weight excluding hydrogens is 294 g/mol. The van der Waals surface area contributed by atoms with Gasteiger partial charge in [-0.1, -0.05) is 0 Å². The normalized spacial score (nSPS) is 11.3. The van der Waals surface area contributed by atoms with Crippen molar-refractivity contribution in [2.75, 3.05) is 13.1 Å². The van der Waals surface area contributed by atoms with Crippen molar-refractivity contribution in [1.29, 1.82) is 0 Å². The first kappa shape index (κ1) is 18.9. The molecule has 0 radical (unpaired) electrons. The number of Topliss-reactive ketones (excluding diaryl/α,β-unsaturated/α-hetero) is 1. The van der Waals surface area contributed by atoms with Gasteiger partial charge in [0.2, 0.25) is 5.91 Å². The van der Waals surface area contributed by atoms with Gasteiger partial charge in [-0.15, -0.1) is 0 Å². The molecule has 0 unspecified atom stereocenters. The Labute approximate surface area is 137 Å². The molecule has 0 bridgehead atoms. The highest BCUT2D eigenvalue weighted by Crippen LogP contribution is 2.20. The highest BCUT2D eigenvalue weighted by Gasteiger charge is 2.25. The molecule has 1 aromatic heterocycles. The van der Waals surface area contributed by atoms with Gasteiger partial charge in [0.15, 0.2) is 5.78 Å². The van der Waals surface area contributed by atoms with Gasteiger partial charge in [-0.05, 0) is 54.0 Å². The summed E-state index contributed by atoms with van der Waals surface area (Å²) in [5, 5.41) is 2.84. The molecular formula is C17H27N3O3. The molecule has 128 valence electrons. The van der Waals surface area contributed by atoms with Crippen molar-refractivity contribution in [3.8, 4) is 0 Å². The van der Waals surface area contributed by atoms with Crippen LogP contribution in [0, 0.1) is 13.8 Å². The number of aromatic amines is 1. The minimum absolute atomic E-state index is 0.0144. The van der Waals surface area contributed by atoms with Crippen molar-refractivity contribution in [1.82, 2.24) is 15.2 Å². The van der Waals surface area contributed by atoms with Crippen molar-refractivity contribution in [2.24, 2.45) is 0 Å². The Kier molecular flexibility index (Phi) is 5.75. The summed E-state index contributed by atoms with van der Waals surface area (Å²) in [4.78, 5) is 40.9. The van der Waals surface area contributed by atoms with Crippen LogP contribution in [-0.2, 0) is 4.79 Å². The van der Waals surface area contributed by atoms with E-state index in [4.69, 9.17) is 0 Å². The molecule has 0 fully saturated rings. The van der Waals surface area contributed by atoms with Crippen LogP contribution in [0.4, 0.5) is 0 Å². The molecule has 23 heavy (non-hydrogen) atoms. The summed E-state index contributed by atoms with van der Waals surface area (Å²) in [6.45, 7) is 12.9. The number of hydrogen-bond donors (Lipinski definition) is 2. The summed E-state index contributed by atoms with van der Waals surface area (Å²) in [6, 6.07) is 0. The van der Waals surface area contributed by atoms with Gasteiger partial charge >= 0.3 is 0 Å². The van der Waals surface area contributed by atoms with E-state index in [1.807, 2.05) is 27.7 Å². The van der Waals surface area contributed by atoms with Gasteiger partial charge in [-0.25, -0.2) is 0 Å². The second kappa shape index (κ2) is 6.98.